The number of rotatable bonds is 5. The van der Waals surface area contributed by atoms with Crippen molar-refractivity contribution < 1.29 is 19.4 Å². The summed E-state index contributed by atoms with van der Waals surface area (Å²) in [6.07, 6.45) is 1.37. The molecule has 7 nitrogen and oxygen atoms in total. The van der Waals surface area contributed by atoms with E-state index >= 15 is 0 Å². The number of nitrogens with zero attached hydrogens (tertiary/aromatic N) is 2. The van der Waals surface area contributed by atoms with Crippen molar-refractivity contribution in [3.63, 3.8) is 0 Å². The Morgan fingerprint density at radius 3 is 2.73 bits per heavy atom. The zero-order valence-corrected chi connectivity index (χ0v) is 19.3. The van der Waals surface area contributed by atoms with Crippen LogP contribution in [0.25, 0.3) is 0 Å². The number of piperidine rings is 1. The van der Waals surface area contributed by atoms with Crippen LogP contribution in [0.2, 0.25) is 0 Å². The molecule has 3 aliphatic rings. The minimum absolute atomic E-state index is 0.0265. The fraction of sp³-hybridized carbons (Fsp3) is 0.462. The zero-order valence-electron chi connectivity index (χ0n) is 19.3. The lowest BCUT2D eigenvalue weighted by Crippen LogP contribution is -2.58. The lowest BCUT2D eigenvalue weighted by Gasteiger charge is -2.44. The van der Waals surface area contributed by atoms with Gasteiger partial charge < -0.3 is 20.1 Å². The highest BCUT2D eigenvalue weighted by molar-refractivity contribution is 5.89. The molecule has 0 saturated carbocycles. The summed E-state index contributed by atoms with van der Waals surface area (Å²) in [6.45, 7) is 4.54. The quantitative estimate of drug-likeness (QED) is 0.683. The number of esters is 1. The van der Waals surface area contributed by atoms with E-state index in [0.29, 0.717) is 24.9 Å². The average Bonchev–Trinajstić information content (AvgIpc) is 3.32. The van der Waals surface area contributed by atoms with E-state index in [1.54, 1.807) is 11.0 Å². The fourth-order valence-corrected chi connectivity index (χ4v) is 6.15. The minimum atomic E-state index is -0.857. The molecule has 3 heterocycles. The lowest BCUT2D eigenvalue weighted by molar-refractivity contribution is -0.135. The number of fused-ring (bicyclic) bond motifs is 4. The normalized spacial score (nSPS) is 28.2. The van der Waals surface area contributed by atoms with E-state index in [9.17, 15) is 14.7 Å². The van der Waals surface area contributed by atoms with Crippen LogP contribution in [0.5, 0.6) is 0 Å². The van der Waals surface area contributed by atoms with Gasteiger partial charge in [0, 0.05) is 30.2 Å². The van der Waals surface area contributed by atoms with Gasteiger partial charge in [-0.15, -0.1) is 0 Å². The minimum Gasteiger partial charge on any atom is -0.465 e. The van der Waals surface area contributed by atoms with Gasteiger partial charge in [0.25, 0.3) is 0 Å². The molecule has 5 unspecified atom stereocenters. The van der Waals surface area contributed by atoms with Crippen LogP contribution in [0.3, 0.4) is 0 Å². The number of benzene rings is 2. The smallest absolute Gasteiger partial charge is 0.337 e. The highest BCUT2D eigenvalue weighted by Gasteiger charge is 2.56. The highest BCUT2D eigenvalue weighted by atomic mass is 16.5. The van der Waals surface area contributed by atoms with E-state index < -0.39 is 6.35 Å². The van der Waals surface area contributed by atoms with Crippen molar-refractivity contribution in [3.05, 3.63) is 64.7 Å². The summed E-state index contributed by atoms with van der Waals surface area (Å²) >= 11 is 0. The Morgan fingerprint density at radius 2 is 2.00 bits per heavy atom. The molecular weight excluding hydrogens is 418 g/mol. The van der Waals surface area contributed by atoms with E-state index in [-0.39, 0.29) is 35.9 Å². The first-order valence-corrected chi connectivity index (χ1v) is 11.8. The van der Waals surface area contributed by atoms with Crippen molar-refractivity contribution in [1.29, 1.82) is 0 Å². The summed E-state index contributed by atoms with van der Waals surface area (Å²) in [6, 6.07) is 13.8. The summed E-state index contributed by atoms with van der Waals surface area (Å²) in [7, 11) is 1.39. The van der Waals surface area contributed by atoms with Crippen molar-refractivity contribution in [3.8, 4) is 0 Å². The van der Waals surface area contributed by atoms with Crippen LogP contribution in [-0.4, -0.2) is 64.9 Å². The second-order valence-corrected chi connectivity index (χ2v) is 9.17. The van der Waals surface area contributed by atoms with E-state index in [4.69, 9.17) is 4.74 Å². The lowest BCUT2D eigenvalue weighted by atomic mass is 9.77. The van der Waals surface area contributed by atoms with Gasteiger partial charge in [-0.25, -0.2) is 9.69 Å². The molecule has 0 radical (unpaired) electrons. The Labute approximate surface area is 194 Å². The number of aliphatic hydroxyl groups excluding tert-OH is 1. The molecule has 7 heteroatoms. The summed E-state index contributed by atoms with van der Waals surface area (Å²) in [4.78, 5) is 28.7. The Bertz CT molecular complexity index is 1090. The number of carbonyl (C=O) groups excluding carboxylic acids is 2. The van der Waals surface area contributed by atoms with Gasteiger partial charge in [0.15, 0.2) is 6.35 Å². The first kappa shape index (κ1) is 21.9. The molecule has 2 N–H and O–H groups in total. The van der Waals surface area contributed by atoms with E-state index in [0.717, 1.165) is 17.7 Å². The number of carbonyl (C=O) groups is 2. The number of nitrogens with one attached hydrogen (secondary N) is 1. The van der Waals surface area contributed by atoms with Gasteiger partial charge >= 0.3 is 5.97 Å². The van der Waals surface area contributed by atoms with Crippen molar-refractivity contribution in [2.24, 2.45) is 0 Å². The first-order valence-electron chi connectivity index (χ1n) is 11.8. The average molecular weight is 450 g/mol. The molecule has 2 saturated heterocycles. The maximum Gasteiger partial charge on any atom is 0.337 e. The molecule has 5 atom stereocenters. The van der Waals surface area contributed by atoms with Crippen molar-refractivity contribution >= 4 is 17.6 Å². The number of likely N-dealkylation sites (N-methyl/N-ethyl adjacent to an activating group) is 1. The molecule has 0 aliphatic carbocycles. The summed E-state index contributed by atoms with van der Waals surface area (Å²) in [5.41, 5.74) is 5.17. The van der Waals surface area contributed by atoms with Gasteiger partial charge in [-0.2, -0.15) is 0 Å². The fourth-order valence-electron chi connectivity index (χ4n) is 6.15. The number of hydrogen-bond donors (Lipinski definition) is 2. The number of methoxy groups -OCH3 is 1. The Kier molecular flexibility index (Phi) is 5.62. The van der Waals surface area contributed by atoms with Gasteiger partial charge in [0.2, 0.25) is 5.91 Å². The third-order valence-corrected chi connectivity index (χ3v) is 7.57. The molecule has 3 aliphatic heterocycles. The van der Waals surface area contributed by atoms with Crippen LogP contribution in [-0.2, 0) is 16.0 Å². The van der Waals surface area contributed by atoms with Gasteiger partial charge in [-0.05, 0) is 61.1 Å². The van der Waals surface area contributed by atoms with Crippen molar-refractivity contribution in [1.82, 2.24) is 9.80 Å². The second kappa shape index (κ2) is 8.47. The van der Waals surface area contributed by atoms with Crippen LogP contribution < -0.4 is 5.32 Å². The first-order chi connectivity index (χ1) is 16.0. The molecule has 174 valence electrons. The van der Waals surface area contributed by atoms with Gasteiger partial charge in [0.1, 0.15) is 0 Å². The van der Waals surface area contributed by atoms with Gasteiger partial charge in [0.05, 0.1) is 18.7 Å². The third-order valence-electron chi connectivity index (χ3n) is 7.57. The van der Waals surface area contributed by atoms with Gasteiger partial charge in [-0.1, -0.05) is 31.2 Å². The molecule has 2 aromatic carbocycles. The van der Waals surface area contributed by atoms with Gasteiger partial charge in [-0.3, -0.25) is 4.79 Å². The van der Waals surface area contributed by atoms with Crippen LogP contribution in [0.15, 0.2) is 42.5 Å². The number of amides is 1. The number of ether oxygens (including phenoxy) is 1. The predicted octanol–water partition coefficient (Wildman–Crippen LogP) is 2.93. The van der Waals surface area contributed by atoms with Crippen LogP contribution >= 0.6 is 0 Å². The Morgan fingerprint density at radius 1 is 1.21 bits per heavy atom. The van der Waals surface area contributed by atoms with Crippen LogP contribution in [0.1, 0.15) is 59.7 Å². The molecule has 2 fully saturated rings. The molecular formula is C26H31N3O4. The van der Waals surface area contributed by atoms with Crippen LogP contribution in [0.4, 0.5) is 5.69 Å². The standard InChI is InChI=1S/C26H31N3O4/c1-4-20-23-18(14-21-24(30)28(5-2)26(32)29(20)21)22-16(9-7-11-19(22)27-23)12-15-8-6-10-17(13-15)25(31)33-3/h6-11,13,18,20-21,23,26-27,32H,4-5,12,14H2,1-3H3. The third kappa shape index (κ3) is 3.42. The molecule has 33 heavy (non-hydrogen) atoms. The van der Waals surface area contributed by atoms with Crippen molar-refractivity contribution in [2.75, 3.05) is 19.0 Å². The Balaban J connectivity index is 1.49. The second-order valence-electron chi connectivity index (χ2n) is 9.17. The highest BCUT2D eigenvalue weighted by Crippen LogP contribution is 2.49. The van der Waals surface area contributed by atoms with E-state index in [2.05, 4.69) is 30.4 Å². The molecule has 2 aromatic rings. The van der Waals surface area contributed by atoms with Crippen LogP contribution in [0, 0.1) is 0 Å². The molecule has 0 bridgehead atoms. The summed E-state index contributed by atoms with van der Waals surface area (Å²) in [5, 5.41) is 14.6. The maximum absolute atomic E-state index is 13.1. The number of hydrogen-bond acceptors (Lipinski definition) is 6. The topological polar surface area (TPSA) is 82.1 Å². The Hall–Kier alpha value is -2.90. The SMILES string of the molecule is CCC1C2Nc3cccc(Cc4cccc(C(=O)OC)c4)c3C2CC2C(=O)N(CC)C(O)N21. The van der Waals surface area contributed by atoms with E-state index in [1.807, 2.05) is 30.0 Å². The predicted molar refractivity (Wildman–Crippen MR) is 125 cm³/mol. The molecule has 1 amide bonds. The number of aliphatic hydroxyl groups is 1. The largest absolute Gasteiger partial charge is 0.465 e. The van der Waals surface area contributed by atoms with Crippen molar-refractivity contribution in [2.45, 2.75) is 63.5 Å². The maximum atomic E-state index is 13.1. The van der Waals surface area contributed by atoms with E-state index in [1.165, 1.54) is 18.2 Å². The molecule has 0 aromatic heterocycles. The monoisotopic (exact) mass is 449 g/mol. The molecule has 5 rings (SSSR count). The summed E-state index contributed by atoms with van der Waals surface area (Å²) in [5.74, 6) is -0.119. The molecule has 0 spiro atoms. The summed E-state index contributed by atoms with van der Waals surface area (Å²) < 4.78 is 4.88. The number of anilines is 1. The zero-order chi connectivity index (χ0) is 23.3.